The topological polar surface area (TPSA) is 105 Å². The van der Waals surface area contributed by atoms with Crippen molar-refractivity contribution in [3.8, 4) is 11.4 Å². The lowest BCUT2D eigenvalue weighted by Crippen LogP contribution is -2.39. The average Bonchev–Trinajstić information content (AvgIpc) is 3.29. The van der Waals surface area contributed by atoms with Crippen LogP contribution in [-0.2, 0) is 23.0 Å². The van der Waals surface area contributed by atoms with Crippen LogP contribution in [0.15, 0.2) is 29.6 Å². The fourth-order valence-electron chi connectivity index (χ4n) is 3.54. The zero-order valence-corrected chi connectivity index (χ0v) is 20.4. The Labute approximate surface area is 194 Å². The highest BCUT2D eigenvalue weighted by atomic mass is 32.2. The number of rotatable bonds is 4. The van der Waals surface area contributed by atoms with E-state index in [0.717, 1.165) is 12.3 Å². The molecule has 0 saturated heterocycles. The van der Waals surface area contributed by atoms with E-state index in [4.69, 9.17) is 4.78 Å². The van der Waals surface area contributed by atoms with E-state index in [1.807, 2.05) is 32.7 Å². The smallest absolute Gasteiger partial charge is 0.355 e. The molecule has 0 amide bonds. The molecule has 0 aliphatic heterocycles. The first-order chi connectivity index (χ1) is 15.7. The Balaban J connectivity index is 2.08. The number of imidazole rings is 1. The van der Waals surface area contributed by atoms with Crippen LogP contribution in [0.1, 0.15) is 33.4 Å². The minimum atomic E-state index is -4.62. The highest BCUT2D eigenvalue weighted by Gasteiger charge is 2.34. The van der Waals surface area contributed by atoms with Crippen molar-refractivity contribution in [2.45, 2.75) is 44.4 Å². The maximum absolute atomic E-state index is 13.3. The molecule has 34 heavy (non-hydrogen) atoms. The second-order valence-corrected chi connectivity index (χ2v) is 11.3. The van der Waals surface area contributed by atoms with E-state index in [2.05, 4.69) is 20.1 Å². The highest BCUT2D eigenvalue weighted by molar-refractivity contribution is 7.92. The number of nitrogens with one attached hydrogen (secondary N) is 1. The van der Waals surface area contributed by atoms with Gasteiger partial charge >= 0.3 is 6.18 Å². The SMILES string of the molecule is CCS(=N)(=O)c1nn2c(N(C)C(C)(C)C)ccnc2c1-c1nc2cc(C(F)(F)F)ncc2n1C. The number of fused-ring (bicyclic) bond motifs is 2. The molecule has 0 aromatic carbocycles. The van der Waals surface area contributed by atoms with E-state index >= 15 is 0 Å². The molecule has 4 aromatic heterocycles. The van der Waals surface area contributed by atoms with Gasteiger partial charge in [0.2, 0.25) is 0 Å². The number of alkyl halides is 3. The summed E-state index contributed by atoms with van der Waals surface area (Å²) in [4.78, 5) is 14.3. The molecule has 1 N–H and O–H groups in total. The first kappa shape index (κ1) is 23.9. The molecule has 0 spiro atoms. The van der Waals surface area contributed by atoms with E-state index < -0.39 is 21.6 Å². The molecule has 0 aliphatic rings. The molecule has 0 bridgehead atoms. The average molecular weight is 495 g/mol. The summed E-state index contributed by atoms with van der Waals surface area (Å²) in [7, 11) is 0.161. The summed E-state index contributed by atoms with van der Waals surface area (Å²) in [6.07, 6.45) is -1.94. The van der Waals surface area contributed by atoms with Crippen molar-refractivity contribution in [3.63, 3.8) is 0 Å². The molecule has 1 unspecified atom stereocenters. The number of anilines is 1. The quantitative estimate of drug-likeness (QED) is 0.452. The predicted octanol–water partition coefficient (Wildman–Crippen LogP) is 4.36. The minimum absolute atomic E-state index is 0.00194. The number of aromatic nitrogens is 6. The predicted molar refractivity (Wildman–Crippen MR) is 123 cm³/mol. The molecule has 4 aromatic rings. The molecular weight excluding hydrogens is 469 g/mol. The monoisotopic (exact) mass is 494 g/mol. The largest absolute Gasteiger partial charge is 0.433 e. The zero-order chi connectivity index (χ0) is 25.2. The van der Waals surface area contributed by atoms with Gasteiger partial charge in [-0.1, -0.05) is 6.92 Å². The molecule has 13 heteroatoms. The van der Waals surface area contributed by atoms with E-state index in [-0.39, 0.29) is 33.2 Å². The number of halogens is 3. The third kappa shape index (κ3) is 3.77. The molecule has 4 rings (SSSR count). The van der Waals surface area contributed by atoms with Gasteiger partial charge < -0.3 is 9.47 Å². The number of pyridine rings is 1. The molecule has 0 aliphatic carbocycles. The van der Waals surface area contributed by atoms with Crippen molar-refractivity contribution < 1.29 is 17.4 Å². The Kier molecular flexibility index (Phi) is 5.38. The third-order valence-electron chi connectivity index (χ3n) is 5.82. The lowest BCUT2D eigenvalue weighted by Gasteiger charge is -2.33. The van der Waals surface area contributed by atoms with E-state index in [9.17, 15) is 17.4 Å². The standard InChI is InChI=1S/C21H25F3N8OS/c1-7-34(25,33)19-16(17-26-9-8-15(32(17)29-19)31(6)20(2,3)4)18-28-12-10-14(21(22,23)24)27-11-13(12)30(18)5/h8-11,25H,7H2,1-6H3. The van der Waals surface area contributed by atoms with E-state index in [1.165, 1.54) is 4.52 Å². The van der Waals surface area contributed by atoms with Gasteiger partial charge in [0.25, 0.3) is 0 Å². The van der Waals surface area contributed by atoms with Crippen LogP contribution in [0.3, 0.4) is 0 Å². The Hall–Kier alpha value is -3.22. The van der Waals surface area contributed by atoms with Gasteiger partial charge in [-0.2, -0.15) is 22.8 Å². The van der Waals surface area contributed by atoms with E-state index in [1.54, 1.807) is 30.8 Å². The van der Waals surface area contributed by atoms with Crippen molar-refractivity contribution in [3.05, 3.63) is 30.2 Å². The van der Waals surface area contributed by atoms with Crippen molar-refractivity contribution >= 4 is 32.2 Å². The van der Waals surface area contributed by atoms with Crippen LogP contribution >= 0.6 is 0 Å². The van der Waals surface area contributed by atoms with E-state index in [0.29, 0.717) is 17.0 Å². The number of hydrogen-bond donors (Lipinski definition) is 1. The molecule has 182 valence electrons. The second-order valence-electron chi connectivity index (χ2n) is 8.96. The maximum Gasteiger partial charge on any atom is 0.433 e. The summed E-state index contributed by atoms with van der Waals surface area (Å²) >= 11 is 0. The molecule has 0 fully saturated rings. The van der Waals surface area contributed by atoms with Crippen LogP contribution in [0.25, 0.3) is 28.1 Å². The summed E-state index contributed by atoms with van der Waals surface area (Å²) in [5, 5.41) is 4.52. The van der Waals surface area contributed by atoms with Crippen LogP contribution in [-0.4, -0.2) is 51.7 Å². The number of aryl methyl sites for hydroxylation is 1. The van der Waals surface area contributed by atoms with Crippen molar-refractivity contribution in [2.24, 2.45) is 7.05 Å². The van der Waals surface area contributed by atoms with Gasteiger partial charge in [-0.05, 0) is 32.9 Å². The first-order valence-electron chi connectivity index (χ1n) is 10.4. The molecule has 1 atom stereocenters. The Bertz CT molecular complexity index is 1510. The normalized spacial score (nSPS) is 14.6. The molecular formula is C21H25F3N8OS. The molecule has 9 nitrogen and oxygen atoms in total. The van der Waals surface area contributed by atoms with Crippen LogP contribution < -0.4 is 4.90 Å². The molecule has 4 heterocycles. The fourth-order valence-corrected chi connectivity index (χ4v) is 4.54. The summed E-state index contributed by atoms with van der Waals surface area (Å²) < 4.78 is 64.4. The second kappa shape index (κ2) is 7.65. The molecule has 0 saturated carbocycles. The van der Waals surface area contributed by atoms with Gasteiger partial charge in [0.05, 0.1) is 32.5 Å². The summed E-state index contributed by atoms with van der Waals surface area (Å²) in [6.45, 7) is 7.66. The van der Waals surface area contributed by atoms with Gasteiger partial charge in [-0.3, -0.25) is 0 Å². The van der Waals surface area contributed by atoms with Crippen molar-refractivity contribution in [1.29, 1.82) is 4.78 Å². The summed E-state index contributed by atoms with van der Waals surface area (Å²) in [5.74, 6) is 0.853. The van der Waals surface area contributed by atoms with Gasteiger partial charge in [0, 0.05) is 31.6 Å². The van der Waals surface area contributed by atoms with Gasteiger partial charge in [0.1, 0.15) is 17.3 Å². The van der Waals surface area contributed by atoms with Gasteiger partial charge in [-0.25, -0.2) is 23.9 Å². The summed E-state index contributed by atoms with van der Waals surface area (Å²) in [6, 6.07) is 2.62. The number of nitrogens with zero attached hydrogens (tertiary/aromatic N) is 7. The lowest BCUT2D eigenvalue weighted by molar-refractivity contribution is -0.141. The Morgan fingerprint density at radius 2 is 1.88 bits per heavy atom. The van der Waals surface area contributed by atoms with Crippen LogP contribution in [0.5, 0.6) is 0 Å². The third-order valence-corrected chi connectivity index (χ3v) is 7.54. The van der Waals surface area contributed by atoms with Crippen LogP contribution in [0.2, 0.25) is 0 Å². The number of hydrogen-bond acceptors (Lipinski definition) is 7. The van der Waals surface area contributed by atoms with Crippen LogP contribution in [0.4, 0.5) is 19.0 Å². The summed E-state index contributed by atoms with van der Waals surface area (Å²) in [5.41, 5.74) is -0.372. The Morgan fingerprint density at radius 3 is 2.47 bits per heavy atom. The molecule has 0 radical (unpaired) electrons. The maximum atomic E-state index is 13.3. The highest BCUT2D eigenvalue weighted by Crippen LogP contribution is 2.36. The van der Waals surface area contributed by atoms with Gasteiger partial charge in [-0.15, -0.1) is 0 Å². The fraction of sp³-hybridized carbons (Fsp3) is 0.429. The first-order valence-corrected chi connectivity index (χ1v) is 12.2. The Morgan fingerprint density at radius 1 is 1.21 bits per heavy atom. The van der Waals surface area contributed by atoms with Crippen LogP contribution in [0, 0.1) is 4.78 Å². The van der Waals surface area contributed by atoms with Crippen molar-refractivity contribution in [1.82, 2.24) is 29.1 Å². The zero-order valence-electron chi connectivity index (χ0n) is 19.6. The van der Waals surface area contributed by atoms with Crippen molar-refractivity contribution in [2.75, 3.05) is 17.7 Å². The lowest BCUT2D eigenvalue weighted by atomic mass is 10.1. The minimum Gasteiger partial charge on any atom is -0.355 e. The van der Waals surface area contributed by atoms with Gasteiger partial charge in [0.15, 0.2) is 10.7 Å².